The molecule has 0 atom stereocenters. The molecule has 0 saturated heterocycles. The third-order valence-corrected chi connectivity index (χ3v) is 5.18. The zero-order valence-electron chi connectivity index (χ0n) is 17.1. The topological polar surface area (TPSA) is 79.4 Å². The van der Waals surface area contributed by atoms with Gasteiger partial charge >= 0.3 is 0 Å². The number of ketones is 1. The number of aromatic nitrogens is 1. The molecule has 2 aromatic carbocycles. The zero-order chi connectivity index (χ0) is 22.1. The van der Waals surface area contributed by atoms with E-state index in [2.05, 4.69) is 10.3 Å². The Morgan fingerprint density at radius 2 is 1.84 bits per heavy atom. The molecule has 0 unspecified atom stereocenters. The van der Waals surface area contributed by atoms with Crippen LogP contribution in [0.1, 0.15) is 28.5 Å². The molecule has 1 aromatic heterocycles. The molecule has 0 saturated carbocycles. The van der Waals surface area contributed by atoms with Crippen molar-refractivity contribution in [2.75, 3.05) is 16.8 Å². The fraction of sp³-hybridized carbons (Fsp3) is 0.167. The maximum atomic E-state index is 14.9. The van der Waals surface area contributed by atoms with Gasteiger partial charge < -0.3 is 10.2 Å². The van der Waals surface area contributed by atoms with E-state index in [-0.39, 0.29) is 30.2 Å². The lowest BCUT2D eigenvalue weighted by Gasteiger charge is -2.23. The number of pyridine rings is 1. The van der Waals surface area contributed by atoms with Crippen LogP contribution < -0.4 is 10.2 Å². The van der Waals surface area contributed by atoms with Crippen LogP contribution in [0.25, 0.3) is 11.1 Å². The minimum atomic E-state index is -0.678. The molecule has 6 nitrogen and oxygen atoms in total. The maximum Gasteiger partial charge on any atom is 0.244 e. The molecule has 7 heteroatoms. The van der Waals surface area contributed by atoms with Crippen LogP contribution in [0.5, 0.6) is 0 Å². The van der Waals surface area contributed by atoms with Crippen LogP contribution in [0.2, 0.25) is 0 Å². The average Bonchev–Trinajstić information content (AvgIpc) is 2.83. The first-order valence-electron chi connectivity index (χ1n) is 9.80. The van der Waals surface area contributed by atoms with Crippen molar-refractivity contribution in [2.24, 2.45) is 0 Å². The Morgan fingerprint density at radius 1 is 1.13 bits per heavy atom. The Bertz CT molecular complexity index is 1210. The molecule has 1 aliphatic rings. The highest BCUT2D eigenvalue weighted by Gasteiger charge is 2.30. The van der Waals surface area contributed by atoms with Crippen LogP contribution in [0.15, 0.2) is 54.6 Å². The third-order valence-electron chi connectivity index (χ3n) is 5.18. The van der Waals surface area contributed by atoms with Gasteiger partial charge in [0.1, 0.15) is 6.54 Å². The van der Waals surface area contributed by atoms with Crippen molar-refractivity contribution in [1.29, 1.82) is 0 Å². The smallest absolute Gasteiger partial charge is 0.244 e. The highest BCUT2D eigenvalue weighted by atomic mass is 19.1. The molecule has 0 aliphatic carbocycles. The lowest BCUT2D eigenvalue weighted by molar-refractivity contribution is -0.121. The molecule has 156 valence electrons. The van der Waals surface area contributed by atoms with Crippen LogP contribution >= 0.6 is 0 Å². The summed E-state index contributed by atoms with van der Waals surface area (Å²) < 4.78 is 14.9. The zero-order valence-corrected chi connectivity index (χ0v) is 17.1. The molecular weight excluding hydrogens is 397 g/mol. The number of nitrogens with one attached hydrogen (secondary N) is 1. The van der Waals surface area contributed by atoms with Crippen molar-refractivity contribution >= 4 is 29.0 Å². The standard InChI is InChI=1S/C24H20FN3O3/c1-14-11-20-23(24(25)26-14)19-6-4-3-5-17(19)12-22(31)28(20)13-21(30)27-18-9-7-16(8-10-18)15(2)29/h3-11H,12-13H2,1-2H3,(H,27,30). The van der Waals surface area contributed by atoms with Crippen molar-refractivity contribution in [3.8, 4) is 11.1 Å². The predicted octanol–water partition coefficient (Wildman–Crippen LogP) is 3.93. The van der Waals surface area contributed by atoms with E-state index in [0.717, 1.165) is 0 Å². The van der Waals surface area contributed by atoms with E-state index in [1.165, 1.54) is 11.8 Å². The molecule has 0 bridgehead atoms. The van der Waals surface area contributed by atoms with Crippen molar-refractivity contribution in [3.05, 3.63) is 77.4 Å². The van der Waals surface area contributed by atoms with Gasteiger partial charge in [-0.1, -0.05) is 24.3 Å². The molecule has 0 fully saturated rings. The summed E-state index contributed by atoms with van der Waals surface area (Å²) in [4.78, 5) is 42.4. The van der Waals surface area contributed by atoms with Gasteiger partial charge in [-0.3, -0.25) is 14.4 Å². The number of Topliss-reactive ketones (excluding diaryl/α,β-unsaturated/α-hetero) is 1. The largest absolute Gasteiger partial charge is 0.325 e. The number of carbonyl (C=O) groups is 3. The Morgan fingerprint density at radius 3 is 2.55 bits per heavy atom. The van der Waals surface area contributed by atoms with Crippen LogP contribution in [0.3, 0.4) is 0 Å². The van der Waals surface area contributed by atoms with E-state index >= 15 is 0 Å². The molecule has 0 radical (unpaired) electrons. The summed E-state index contributed by atoms with van der Waals surface area (Å²) in [5.74, 6) is -1.49. The van der Waals surface area contributed by atoms with Crippen molar-refractivity contribution in [3.63, 3.8) is 0 Å². The number of rotatable bonds is 4. The number of amides is 2. The minimum Gasteiger partial charge on any atom is -0.325 e. The van der Waals surface area contributed by atoms with Crippen molar-refractivity contribution in [2.45, 2.75) is 20.3 Å². The van der Waals surface area contributed by atoms with Crippen LogP contribution in [0.4, 0.5) is 15.8 Å². The van der Waals surface area contributed by atoms with E-state index in [9.17, 15) is 18.8 Å². The van der Waals surface area contributed by atoms with Crippen molar-refractivity contribution < 1.29 is 18.8 Å². The number of carbonyl (C=O) groups excluding carboxylic acids is 3. The van der Waals surface area contributed by atoms with Crippen LogP contribution in [-0.4, -0.2) is 29.1 Å². The van der Waals surface area contributed by atoms with Crippen LogP contribution in [0, 0.1) is 12.9 Å². The SMILES string of the molecule is CC(=O)c1ccc(NC(=O)CN2C(=O)Cc3ccccc3-c3c2cc(C)nc3F)cc1. The van der Waals surface area contributed by atoms with Crippen molar-refractivity contribution in [1.82, 2.24) is 4.98 Å². The van der Waals surface area contributed by atoms with Gasteiger partial charge in [-0.05, 0) is 55.3 Å². The quantitative estimate of drug-likeness (QED) is 0.515. The second kappa shape index (κ2) is 8.10. The van der Waals surface area contributed by atoms with E-state index in [1.807, 2.05) is 0 Å². The molecule has 3 aromatic rings. The molecule has 31 heavy (non-hydrogen) atoms. The molecule has 0 spiro atoms. The van der Waals surface area contributed by atoms with Gasteiger partial charge in [-0.25, -0.2) is 4.98 Å². The fourth-order valence-corrected chi connectivity index (χ4v) is 3.70. The van der Waals surface area contributed by atoms with Gasteiger partial charge in [0.05, 0.1) is 17.7 Å². The minimum absolute atomic E-state index is 0.0456. The molecule has 1 N–H and O–H groups in total. The van der Waals surface area contributed by atoms with E-state index in [1.54, 1.807) is 61.5 Å². The summed E-state index contributed by atoms with van der Waals surface area (Å²) in [5, 5.41) is 2.72. The van der Waals surface area contributed by atoms with Gasteiger partial charge in [0.2, 0.25) is 17.8 Å². The number of halogens is 1. The Kier molecular flexibility index (Phi) is 5.33. The van der Waals surface area contributed by atoms with Gasteiger partial charge in [0.15, 0.2) is 5.78 Å². The number of fused-ring (bicyclic) bond motifs is 3. The summed E-state index contributed by atoms with van der Waals surface area (Å²) >= 11 is 0. The fourth-order valence-electron chi connectivity index (χ4n) is 3.70. The summed E-state index contributed by atoms with van der Waals surface area (Å²) in [6, 6.07) is 15.2. The Labute approximate surface area is 178 Å². The second-order valence-electron chi connectivity index (χ2n) is 7.44. The summed E-state index contributed by atoms with van der Waals surface area (Å²) in [7, 11) is 0. The molecular formula is C24H20FN3O3. The summed E-state index contributed by atoms with van der Waals surface area (Å²) in [6.07, 6.45) is 0.0456. The number of anilines is 2. The summed E-state index contributed by atoms with van der Waals surface area (Å²) in [5.41, 5.74) is 3.25. The molecule has 2 amide bonds. The number of benzene rings is 2. The first kappa shape index (κ1) is 20.4. The first-order chi connectivity index (χ1) is 14.8. The highest BCUT2D eigenvalue weighted by Crippen LogP contribution is 2.38. The van der Waals surface area contributed by atoms with E-state index in [4.69, 9.17) is 0 Å². The second-order valence-corrected chi connectivity index (χ2v) is 7.44. The Hall–Kier alpha value is -3.87. The summed E-state index contributed by atoms with van der Waals surface area (Å²) in [6.45, 7) is 2.82. The monoisotopic (exact) mass is 417 g/mol. The molecule has 1 aliphatic heterocycles. The third kappa shape index (κ3) is 4.07. The van der Waals surface area contributed by atoms with E-state index in [0.29, 0.717) is 33.8 Å². The van der Waals surface area contributed by atoms with Gasteiger partial charge in [-0.15, -0.1) is 0 Å². The molecule has 4 rings (SSSR count). The number of hydrogen-bond acceptors (Lipinski definition) is 4. The van der Waals surface area contributed by atoms with Gasteiger partial charge in [-0.2, -0.15) is 4.39 Å². The number of aryl methyl sites for hydroxylation is 1. The van der Waals surface area contributed by atoms with E-state index < -0.39 is 11.9 Å². The number of hydrogen-bond donors (Lipinski definition) is 1. The predicted molar refractivity (Wildman–Crippen MR) is 116 cm³/mol. The molecule has 2 heterocycles. The van der Waals surface area contributed by atoms with Gasteiger partial charge in [0.25, 0.3) is 0 Å². The lowest BCUT2D eigenvalue weighted by Crippen LogP contribution is -2.38. The Balaban J connectivity index is 1.66. The first-order valence-corrected chi connectivity index (χ1v) is 9.80. The van der Waals surface area contributed by atoms with Gasteiger partial charge in [0, 0.05) is 16.9 Å². The number of nitrogens with zero attached hydrogens (tertiary/aromatic N) is 2. The highest BCUT2D eigenvalue weighted by molar-refractivity contribution is 6.07. The lowest BCUT2D eigenvalue weighted by atomic mass is 9.99. The average molecular weight is 417 g/mol. The van der Waals surface area contributed by atoms with Crippen LogP contribution in [-0.2, 0) is 16.0 Å². The normalized spacial score (nSPS) is 12.6. The maximum absolute atomic E-state index is 14.9.